The summed E-state index contributed by atoms with van der Waals surface area (Å²) in [4.78, 5) is 25.4. The molecule has 30 heavy (non-hydrogen) atoms. The highest BCUT2D eigenvalue weighted by Crippen LogP contribution is 2.68. The monoisotopic (exact) mass is 431 g/mol. The van der Waals surface area contributed by atoms with Crippen molar-refractivity contribution in [2.75, 3.05) is 6.61 Å². The van der Waals surface area contributed by atoms with E-state index in [1.165, 1.54) is 12.1 Å². The zero-order valence-electron chi connectivity index (χ0n) is 18.4. The average Bonchev–Trinajstić information content (AvgIpc) is 2.64. The van der Waals surface area contributed by atoms with Crippen molar-refractivity contribution in [3.8, 4) is 0 Å². The van der Waals surface area contributed by atoms with E-state index >= 15 is 0 Å². The molecule has 2 unspecified atom stereocenters. The van der Waals surface area contributed by atoms with Gasteiger partial charge in [-0.1, -0.05) is 31.8 Å². The molecule has 164 valence electrons. The van der Waals surface area contributed by atoms with Crippen molar-refractivity contribution in [1.82, 2.24) is 0 Å². The van der Waals surface area contributed by atoms with E-state index in [0.717, 1.165) is 43.7 Å². The van der Waals surface area contributed by atoms with Gasteiger partial charge in [0.25, 0.3) is 0 Å². The summed E-state index contributed by atoms with van der Waals surface area (Å²) in [7, 11) is -1.28. The molecule has 4 bridgehead atoms. The van der Waals surface area contributed by atoms with Gasteiger partial charge in [0.15, 0.2) is 0 Å². The molecule has 0 radical (unpaired) electrons. The summed E-state index contributed by atoms with van der Waals surface area (Å²) in [6.07, 6.45) is 4.66. The van der Waals surface area contributed by atoms with Gasteiger partial charge in [0, 0.05) is 18.9 Å². The maximum absolute atomic E-state index is 13.7. The average molecular weight is 432 g/mol. The summed E-state index contributed by atoms with van der Waals surface area (Å²) in [5.41, 5.74) is 6.07. The maximum atomic E-state index is 13.7. The molecule has 4 saturated carbocycles. The van der Waals surface area contributed by atoms with E-state index in [4.69, 9.17) is 10.5 Å². The Balaban J connectivity index is 1.64. The largest absolute Gasteiger partial charge is 0.466 e. The lowest BCUT2D eigenvalue weighted by Crippen LogP contribution is -2.62. The summed E-state index contributed by atoms with van der Waals surface area (Å²) in [6, 6.07) is 7.60. The first-order chi connectivity index (χ1) is 14.0. The Morgan fingerprint density at radius 2 is 1.70 bits per heavy atom. The van der Waals surface area contributed by atoms with Crippen LogP contribution in [0.3, 0.4) is 0 Å². The van der Waals surface area contributed by atoms with Gasteiger partial charge in [0.2, 0.25) is 5.91 Å². The van der Waals surface area contributed by atoms with Crippen LogP contribution in [0.2, 0.25) is 25.7 Å². The highest BCUT2D eigenvalue weighted by atomic mass is 28.3. The molecule has 0 spiro atoms. The Morgan fingerprint density at radius 1 is 1.10 bits per heavy atom. The van der Waals surface area contributed by atoms with Crippen LogP contribution < -0.4 is 5.73 Å². The van der Waals surface area contributed by atoms with Crippen molar-refractivity contribution in [1.29, 1.82) is 0 Å². The molecule has 1 aromatic carbocycles. The molecular weight excluding hydrogens is 397 g/mol. The molecular formula is C24H34FNO3Si. The second-order valence-corrected chi connectivity index (χ2v) is 16.9. The van der Waals surface area contributed by atoms with Gasteiger partial charge >= 0.3 is 5.97 Å². The number of carbonyl (C=O) groups excluding carboxylic acids is 2. The fourth-order valence-corrected chi connectivity index (χ4v) is 7.50. The molecule has 0 aromatic heterocycles. The van der Waals surface area contributed by atoms with Crippen LogP contribution in [0.1, 0.15) is 44.1 Å². The lowest BCUT2D eigenvalue weighted by Gasteiger charge is -2.64. The molecule has 6 heteroatoms. The van der Waals surface area contributed by atoms with E-state index in [1.807, 2.05) is 12.1 Å². The lowest BCUT2D eigenvalue weighted by molar-refractivity contribution is -0.163. The SMILES string of the molecule is C[Si](C)(C)CCOC(=O)CC1(c2ccc(F)cc2)C2CC3CC1CC(C(N)=O)(C3)C2. The van der Waals surface area contributed by atoms with Crippen molar-refractivity contribution < 1.29 is 18.7 Å². The maximum Gasteiger partial charge on any atom is 0.306 e. The number of primary amides is 1. The quantitative estimate of drug-likeness (QED) is 0.505. The second kappa shape index (κ2) is 7.47. The number of nitrogens with two attached hydrogens (primary N) is 1. The van der Waals surface area contributed by atoms with E-state index in [2.05, 4.69) is 19.6 Å². The fraction of sp³-hybridized carbons (Fsp3) is 0.667. The Labute approximate surface area is 179 Å². The molecule has 4 nitrogen and oxygen atoms in total. The molecule has 5 rings (SSSR count). The van der Waals surface area contributed by atoms with Crippen molar-refractivity contribution in [2.24, 2.45) is 28.9 Å². The van der Waals surface area contributed by atoms with Gasteiger partial charge in [-0.3, -0.25) is 9.59 Å². The molecule has 1 aromatic rings. The third-order valence-electron chi connectivity index (χ3n) is 8.10. The standard InChI is InChI=1S/C24H34FNO3Si/c1-30(2,3)9-8-29-21(27)15-24(17-4-6-20(25)7-5-17)18-10-16-11-19(24)14-23(12-16,13-18)22(26)28/h4-7,16,18-19H,8-15H2,1-3H3,(H2,26,28). The van der Waals surface area contributed by atoms with Crippen LogP contribution >= 0.6 is 0 Å². The topological polar surface area (TPSA) is 69.4 Å². The van der Waals surface area contributed by atoms with Gasteiger partial charge in [-0.25, -0.2) is 4.39 Å². The van der Waals surface area contributed by atoms with Crippen molar-refractivity contribution in [3.05, 3.63) is 35.6 Å². The van der Waals surface area contributed by atoms with Crippen LogP contribution in [-0.2, 0) is 19.7 Å². The van der Waals surface area contributed by atoms with Crippen LogP contribution in [0.15, 0.2) is 24.3 Å². The molecule has 2 atom stereocenters. The first-order valence-electron chi connectivity index (χ1n) is 11.3. The first kappa shape index (κ1) is 21.5. The molecule has 4 aliphatic rings. The first-order valence-corrected chi connectivity index (χ1v) is 15.0. The van der Waals surface area contributed by atoms with E-state index < -0.39 is 13.5 Å². The number of hydrogen-bond donors (Lipinski definition) is 1. The third kappa shape index (κ3) is 3.72. The van der Waals surface area contributed by atoms with Gasteiger partial charge in [-0.2, -0.15) is 0 Å². The van der Waals surface area contributed by atoms with Crippen LogP contribution in [0, 0.1) is 29.0 Å². The molecule has 4 fully saturated rings. The van der Waals surface area contributed by atoms with Crippen LogP contribution in [-0.4, -0.2) is 26.6 Å². The summed E-state index contributed by atoms with van der Waals surface area (Å²) in [6.45, 7) is 7.27. The smallest absolute Gasteiger partial charge is 0.306 e. The van der Waals surface area contributed by atoms with Gasteiger partial charge in [0.1, 0.15) is 5.82 Å². The zero-order chi connectivity index (χ0) is 21.7. The van der Waals surface area contributed by atoms with E-state index in [1.54, 1.807) is 0 Å². The normalized spacial score (nSPS) is 34.7. The number of amides is 1. The highest BCUT2D eigenvalue weighted by molar-refractivity contribution is 6.76. The van der Waals surface area contributed by atoms with Gasteiger partial charge < -0.3 is 10.5 Å². The minimum absolute atomic E-state index is 0.168. The lowest BCUT2D eigenvalue weighted by atomic mass is 9.39. The minimum Gasteiger partial charge on any atom is -0.466 e. The number of hydrogen-bond acceptors (Lipinski definition) is 3. The predicted octanol–water partition coefficient (Wildman–Crippen LogP) is 4.65. The highest BCUT2D eigenvalue weighted by Gasteiger charge is 2.64. The van der Waals surface area contributed by atoms with Crippen molar-refractivity contribution >= 4 is 20.0 Å². The molecule has 4 aliphatic carbocycles. The Morgan fingerprint density at radius 3 is 2.23 bits per heavy atom. The number of ether oxygens (including phenoxy) is 1. The fourth-order valence-electron chi connectivity index (χ4n) is 6.78. The minimum atomic E-state index is -1.28. The van der Waals surface area contributed by atoms with Crippen molar-refractivity contribution in [3.63, 3.8) is 0 Å². The van der Waals surface area contributed by atoms with Crippen molar-refractivity contribution in [2.45, 2.75) is 69.6 Å². The third-order valence-corrected chi connectivity index (χ3v) is 9.81. The molecule has 0 heterocycles. The number of esters is 1. The van der Waals surface area contributed by atoms with E-state index in [-0.39, 0.29) is 34.9 Å². The predicted molar refractivity (Wildman–Crippen MR) is 117 cm³/mol. The summed E-state index contributed by atoms with van der Waals surface area (Å²) in [5.74, 6) is 0.263. The number of benzene rings is 1. The summed E-state index contributed by atoms with van der Waals surface area (Å²) >= 11 is 0. The molecule has 0 saturated heterocycles. The van der Waals surface area contributed by atoms with Crippen LogP contribution in [0.25, 0.3) is 0 Å². The summed E-state index contributed by atoms with van der Waals surface area (Å²) in [5, 5.41) is 0. The number of halogens is 1. The Hall–Kier alpha value is -1.69. The Kier molecular flexibility index (Phi) is 5.36. The molecule has 0 aliphatic heterocycles. The number of carbonyl (C=O) groups is 2. The Bertz CT molecular complexity index is 816. The van der Waals surface area contributed by atoms with Gasteiger partial charge in [0.05, 0.1) is 13.0 Å². The van der Waals surface area contributed by atoms with Gasteiger partial charge in [-0.05, 0) is 73.6 Å². The van der Waals surface area contributed by atoms with Crippen LogP contribution in [0.5, 0.6) is 0 Å². The number of rotatable bonds is 7. The van der Waals surface area contributed by atoms with E-state index in [9.17, 15) is 14.0 Å². The van der Waals surface area contributed by atoms with Crippen LogP contribution in [0.4, 0.5) is 4.39 Å². The molecule has 1 amide bonds. The molecule has 2 N–H and O–H groups in total. The second-order valence-electron chi connectivity index (χ2n) is 11.2. The summed E-state index contributed by atoms with van der Waals surface area (Å²) < 4.78 is 19.4. The zero-order valence-corrected chi connectivity index (χ0v) is 19.4. The van der Waals surface area contributed by atoms with Gasteiger partial charge in [-0.15, -0.1) is 0 Å². The van der Waals surface area contributed by atoms with E-state index in [0.29, 0.717) is 18.9 Å².